The molecular formula is C15H20N4O3. The van der Waals surface area contributed by atoms with Crippen molar-refractivity contribution in [1.82, 2.24) is 0 Å². The molecule has 7 heteroatoms. The topological polar surface area (TPSA) is 120 Å². The van der Waals surface area contributed by atoms with Gasteiger partial charge in [0.25, 0.3) is 0 Å². The lowest BCUT2D eigenvalue weighted by atomic mass is 10.0. The highest BCUT2D eigenvalue weighted by molar-refractivity contribution is 5.98. The Hall–Kier alpha value is -2.70. The van der Waals surface area contributed by atoms with E-state index in [4.69, 9.17) is 16.3 Å². The van der Waals surface area contributed by atoms with Crippen molar-refractivity contribution in [3.05, 3.63) is 46.0 Å². The zero-order valence-electron chi connectivity index (χ0n) is 12.7. The smallest absolute Gasteiger partial charge is 0.316 e. The fourth-order valence-corrected chi connectivity index (χ4v) is 1.95. The van der Waals surface area contributed by atoms with Crippen molar-refractivity contribution in [2.45, 2.75) is 26.7 Å². The highest BCUT2D eigenvalue weighted by atomic mass is 16.5. The summed E-state index contributed by atoms with van der Waals surface area (Å²) in [5.41, 5.74) is 8.28. The van der Waals surface area contributed by atoms with Gasteiger partial charge in [0.05, 0.1) is 12.3 Å². The molecule has 0 saturated carbocycles. The van der Waals surface area contributed by atoms with Crippen molar-refractivity contribution >= 4 is 11.6 Å². The van der Waals surface area contributed by atoms with Gasteiger partial charge in [-0.25, -0.2) is 0 Å². The fraction of sp³-hybridized carbons (Fsp3) is 0.333. The van der Waals surface area contributed by atoms with Crippen LogP contribution < -0.4 is 16.3 Å². The third kappa shape index (κ3) is 5.01. The van der Waals surface area contributed by atoms with Gasteiger partial charge in [0.1, 0.15) is 5.75 Å². The van der Waals surface area contributed by atoms with Crippen LogP contribution >= 0.6 is 0 Å². The summed E-state index contributed by atoms with van der Waals surface area (Å²) in [6.45, 7) is 4.03. The fourth-order valence-electron chi connectivity index (χ4n) is 1.95. The van der Waals surface area contributed by atoms with E-state index in [-0.39, 0.29) is 5.56 Å². The number of hydrogen-bond donors (Lipinski definition) is 2. The van der Waals surface area contributed by atoms with Crippen LogP contribution in [0.5, 0.6) is 5.75 Å². The molecule has 0 saturated heterocycles. The zero-order chi connectivity index (χ0) is 16.5. The SMILES string of the molecule is CC(=NN)C(CCCOc1cccc(C(=O)N=O)c1)=C(C)N. The minimum atomic E-state index is -0.816. The van der Waals surface area contributed by atoms with E-state index in [9.17, 15) is 9.70 Å². The number of nitroso groups, excluding NO2 is 1. The number of carbonyl (C=O) groups excluding carboxylic acids is 1. The standard InChI is InChI=1S/C15H20N4O3/c1-10(16)14(11(2)18-17)7-4-8-22-13-6-3-5-12(9-13)15(20)19-21/h3,5-6,9H,4,7-8,16-17H2,1-2H3. The highest BCUT2D eigenvalue weighted by Gasteiger charge is 2.07. The molecule has 118 valence electrons. The molecule has 1 aromatic rings. The van der Waals surface area contributed by atoms with Gasteiger partial charge in [0.2, 0.25) is 0 Å². The summed E-state index contributed by atoms with van der Waals surface area (Å²) >= 11 is 0. The largest absolute Gasteiger partial charge is 0.494 e. The molecule has 4 N–H and O–H groups in total. The number of amides is 1. The van der Waals surface area contributed by atoms with Crippen molar-refractivity contribution in [3.8, 4) is 5.75 Å². The molecule has 22 heavy (non-hydrogen) atoms. The van der Waals surface area contributed by atoms with Crippen LogP contribution in [-0.2, 0) is 0 Å². The van der Waals surface area contributed by atoms with Crippen molar-refractivity contribution in [2.24, 2.45) is 21.9 Å². The molecule has 0 fully saturated rings. The molecule has 0 spiro atoms. The van der Waals surface area contributed by atoms with Gasteiger partial charge in [0.15, 0.2) is 0 Å². The van der Waals surface area contributed by atoms with Crippen LogP contribution in [-0.4, -0.2) is 18.2 Å². The molecule has 0 aliphatic rings. The number of ether oxygens (including phenoxy) is 1. The first-order valence-corrected chi connectivity index (χ1v) is 6.80. The molecular weight excluding hydrogens is 284 g/mol. The Bertz CT molecular complexity index is 605. The third-order valence-electron chi connectivity index (χ3n) is 3.11. The molecule has 0 heterocycles. The van der Waals surface area contributed by atoms with Gasteiger partial charge in [-0.3, -0.25) is 4.79 Å². The van der Waals surface area contributed by atoms with Crippen LogP contribution in [0.3, 0.4) is 0 Å². The Morgan fingerprint density at radius 3 is 2.64 bits per heavy atom. The Kier molecular flexibility index (Phi) is 6.75. The lowest BCUT2D eigenvalue weighted by Crippen LogP contribution is -2.10. The lowest BCUT2D eigenvalue weighted by Gasteiger charge is -2.10. The first kappa shape index (κ1) is 17.4. The molecule has 0 unspecified atom stereocenters. The van der Waals surface area contributed by atoms with Crippen molar-refractivity contribution < 1.29 is 9.53 Å². The van der Waals surface area contributed by atoms with Crippen molar-refractivity contribution in [3.63, 3.8) is 0 Å². The van der Waals surface area contributed by atoms with Gasteiger partial charge >= 0.3 is 5.91 Å². The average Bonchev–Trinajstić information content (AvgIpc) is 2.53. The van der Waals surface area contributed by atoms with Crippen LogP contribution in [0.4, 0.5) is 0 Å². The molecule has 0 bridgehead atoms. The number of rotatable bonds is 7. The van der Waals surface area contributed by atoms with Crippen LogP contribution in [0, 0.1) is 4.91 Å². The summed E-state index contributed by atoms with van der Waals surface area (Å²) in [6.07, 6.45) is 1.39. The minimum Gasteiger partial charge on any atom is -0.494 e. The number of benzene rings is 1. The van der Waals surface area contributed by atoms with Gasteiger partial charge in [-0.05, 0) is 50.5 Å². The summed E-state index contributed by atoms with van der Waals surface area (Å²) < 4.78 is 5.55. The summed E-state index contributed by atoms with van der Waals surface area (Å²) in [5.74, 6) is 4.96. The van der Waals surface area contributed by atoms with E-state index in [1.165, 1.54) is 12.1 Å². The third-order valence-corrected chi connectivity index (χ3v) is 3.11. The molecule has 0 radical (unpaired) electrons. The number of allylic oxidation sites excluding steroid dienone is 2. The summed E-state index contributed by atoms with van der Waals surface area (Å²) in [6, 6.07) is 6.34. The normalized spacial score (nSPS) is 12.5. The van der Waals surface area contributed by atoms with E-state index >= 15 is 0 Å². The first-order valence-electron chi connectivity index (χ1n) is 6.80. The molecule has 0 aromatic heterocycles. The Morgan fingerprint density at radius 2 is 2.05 bits per heavy atom. The Morgan fingerprint density at radius 1 is 1.32 bits per heavy atom. The Balaban J connectivity index is 2.56. The van der Waals surface area contributed by atoms with E-state index in [1.807, 2.05) is 0 Å². The number of hydrazone groups is 1. The van der Waals surface area contributed by atoms with Crippen LogP contribution in [0.15, 0.2) is 45.8 Å². The number of hydrogen-bond acceptors (Lipinski definition) is 6. The second-order valence-corrected chi connectivity index (χ2v) is 4.75. The van der Waals surface area contributed by atoms with E-state index < -0.39 is 5.91 Å². The molecule has 1 amide bonds. The van der Waals surface area contributed by atoms with Crippen LogP contribution in [0.25, 0.3) is 0 Å². The van der Waals surface area contributed by atoms with Crippen LogP contribution in [0.2, 0.25) is 0 Å². The zero-order valence-corrected chi connectivity index (χ0v) is 12.7. The maximum absolute atomic E-state index is 11.2. The second kappa shape index (κ2) is 8.56. The quantitative estimate of drug-likeness (QED) is 0.263. The van der Waals surface area contributed by atoms with E-state index in [0.29, 0.717) is 36.6 Å². The van der Waals surface area contributed by atoms with E-state index in [0.717, 1.165) is 5.57 Å². The predicted octanol–water partition coefficient (Wildman–Crippen LogP) is 2.32. The summed E-state index contributed by atoms with van der Waals surface area (Å²) in [5, 5.41) is 6.03. The summed E-state index contributed by atoms with van der Waals surface area (Å²) in [7, 11) is 0. The molecule has 1 aromatic carbocycles. The monoisotopic (exact) mass is 304 g/mol. The molecule has 0 aliphatic carbocycles. The van der Waals surface area contributed by atoms with Gasteiger partial charge in [0, 0.05) is 16.4 Å². The van der Waals surface area contributed by atoms with E-state index in [2.05, 4.69) is 10.3 Å². The predicted molar refractivity (Wildman–Crippen MR) is 85.5 cm³/mol. The minimum absolute atomic E-state index is 0.206. The number of nitrogens with zero attached hydrogens (tertiary/aromatic N) is 2. The molecule has 0 aliphatic heterocycles. The van der Waals surface area contributed by atoms with Gasteiger partial charge in [-0.15, -0.1) is 4.91 Å². The number of carbonyl (C=O) groups is 1. The molecule has 0 atom stereocenters. The molecule has 1 rings (SSSR count). The van der Waals surface area contributed by atoms with Gasteiger partial charge in [-0.2, -0.15) is 5.10 Å². The van der Waals surface area contributed by atoms with Gasteiger partial charge < -0.3 is 16.3 Å². The van der Waals surface area contributed by atoms with Gasteiger partial charge in [-0.1, -0.05) is 6.07 Å². The summed E-state index contributed by atoms with van der Waals surface area (Å²) in [4.78, 5) is 21.4. The first-order chi connectivity index (χ1) is 10.5. The van der Waals surface area contributed by atoms with E-state index in [1.54, 1.807) is 26.0 Å². The van der Waals surface area contributed by atoms with Crippen molar-refractivity contribution in [2.75, 3.05) is 6.61 Å². The maximum Gasteiger partial charge on any atom is 0.316 e. The number of nitrogens with two attached hydrogens (primary N) is 2. The average molecular weight is 304 g/mol. The lowest BCUT2D eigenvalue weighted by molar-refractivity contribution is 0.100. The second-order valence-electron chi connectivity index (χ2n) is 4.75. The van der Waals surface area contributed by atoms with Crippen molar-refractivity contribution in [1.29, 1.82) is 0 Å². The highest BCUT2D eigenvalue weighted by Crippen LogP contribution is 2.16. The molecule has 7 nitrogen and oxygen atoms in total. The Labute approximate surface area is 129 Å². The maximum atomic E-state index is 11.2. The van der Waals surface area contributed by atoms with Crippen LogP contribution in [0.1, 0.15) is 37.0 Å².